The number of anilines is 1. The number of piperidine rings is 1. The van der Waals surface area contributed by atoms with Gasteiger partial charge in [0.2, 0.25) is 0 Å². The van der Waals surface area contributed by atoms with Crippen molar-refractivity contribution in [1.82, 2.24) is 30.0 Å². The second-order valence-corrected chi connectivity index (χ2v) is 15.2. The number of hydrogen-bond donors (Lipinski definition) is 2. The van der Waals surface area contributed by atoms with Gasteiger partial charge in [-0.15, -0.1) is 0 Å². The molecule has 254 valence electrons. The topological polar surface area (TPSA) is 113 Å². The molecule has 2 N–H and O–H groups in total. The Hall–Kier alpha value is -3.48. The summed E-state index contributed by atoms with van der Waals surface area (Å²) in [6, 6.07) is 2.18. The fourth-order valence-electron chi connectivity index (χ4n) is 9.95. The van der Waals surface area contributed by atoms with Crippen molar-refractivity contribution < 1.29 is 23.4 Å². The van der Waals surface area contributed by atoms with E-state index in [2.05, 4.69) is 33.0 Å². The van der Waals surface area contributed by atoms with Gasteiger partial charge in [0.25, 0.3) is 0 Å². The molecule has 3 aromatic heterocycles. The maximum Gasteiger partial charge on any atom is 0.319 e. The number of benzene rings is 1. The number of nitrogens with zero attached hydrogens (tertiary/aromatic N) is 6. The molecule has 48 heavy (non-hydrogen) atoms. The third-order valence-corrected chi connectivity index (χ3v) is 12.0. The molecule has 1 aliphatic carbocycles. The van der Waals surface area contributed by atoms with Crippen LogP contribution in [-0.2, 0) is 17.6 Å². The zero-order valence-corrected chi connectivity index (χ0v) is 27.5. The molecular formula is C36H43F2N7O3. The van der Waals surface area contributed by atoms with Crippen molar-refractivity contribution in [2.75, 3.05) is 50.9 Å². The van der Waals surface area contributed by atoms with Crippen molar-refractivity contribution in [3.63, 3.8) is 0 Å². The summed E-state index contributed by atoms with van der Waals surface area (Å²) in [6.07, 6.45) is 10.1. The Bertz CT molecular complexity index is 1890. The zero-order chi connectivity index (χ0) is 32.7. The van der Waals surface area contributed by atoms with Gasteiger partial charge in [-0.1, -0.05) is 6.92 Å². The molecule has 0 radical (unpaired) electrons. The van der Waals surface area contributed by atoms with Crippen LogP contribution in [0.5, 0.6) is 6.01 Å². The molecule has 0 unspecified atom stereocenters. The number of H-pyrrole nitrogens is 1. The third kappa shape index (κ3) is 4.88. The molecule has 10 nitrogen and oxygen atoms in total. The number of nitrogens with one attached hydrogen (secondary N) is 1. The van der Waals surface area contributed by atoms with E-state index < -0.39 is 17.6 Å². The summed E-state index contributed by atoms with van der Waals surface area (Å²) in [5, 5.41) is 20.2. The monoisotopic (exact) mass is 659 g/mol. The highest BCUT2D eigenvalue weighted by Gasteiger charge is 2.55. The normalized spacial score (nSPS) is 30.5. The first-order valence-electron chi connectivity index (χ1n) is 17.7. The van der Waals surface area contributed by atoms with Crippen LogP contribution in [0.2, 0.25) is 0 Å². The fraction of sp³-hybridized carbons (Fsp3) is 0.611. The van der Waals surface area contributed by atoms with Crippen LogP contribution >= 0.6 is 0 Å². The van der Waals surface area contributed by atoms with Gasteiger partial charge in [0, 0.05) is 49.8 Å². The van der Waals surface area contributed by atoms with Crippen molar-refractivity contribution in [1.29, 1.82) is 0 Å². The van der Waals surface area contributed by atoms with Gasteiger partial charge in [0.05, 0.1) is 34.8 Å². The quantitative estimate of drug-likeness (QED) is 0.302. The van der Waals surface area contributed by atoms with E-state index in [9.17, 15) is 9.50 Å². The first kappa shape index (κ1) is 30.6. The molecule has 12 heteroatoms. The molecule has 2 atom stereocenters. The highest BCUT2D eigenvalue weighted by Crippen LogP contribution is 2.55. The van der Waals surface area contributed by atoms with Crippen molar-refractivity contribution in [3.05, 3.63) is 35.4 Å². The van der Waals surface area contributed by atoms with Gasteiger partial charge in [0.1, 0.15) is 29.8 Å². The smallest absolute Gasteiger partial charge is 0.319 e. The lowest BCUT2D eigenvalue weighted by atomic mass is 9.55. The number of aromatic nitrogens is 5. The predicted molar refractivity (Wildman–Crippen MR) is 178 cm³/mol. The summed E-state index contributed by atoms with van der Waals surface area (Å²) in [5.74, 6) is 0.0694. The van der Waals surface area contributed by atoms with E-state index in [0.29, 0.717) is 75.2 Å². The van der Waals surface area contributed by atoms with Crippen molar-refractivity contribution in [3.8, 4) is 17.3 Å². The first-order valence-corrected chi connectivity index (χ1v) is 17.7. The van der Waals surface area contributed by atoms with Gasteiger partial charge in [-0.3, -0.25) is 15.0 Å². The van der Waals surface area contributed by atoms with Crippen LogP contribution in [0.25, 0.3) is 33.1 Å². The van der Waals surface area contributed by atoms with Crippen LogP contribution in [0.4, 0.5) is 14.6 Å². The number of halogens is 2. The molecule has 3 saturated heterocycles. The number of rotatable bonds is 4. The van der Waals surface area contributed by atoms with Crippen LogP contribution in [0.1, 0.15) is 69.4 Å². The summed E-state index contributed by atoms with van der Waals surface area (Å²) in [7, 11) is 0. The fourth-order valence-corrected chi connectivity index (χ4v) is 9.95. The molecule has 6 aliphatic heterocycles. The van der Waals surface area contributed by atoms with Gasteiger partial charge in [0.15, 0.2) is 5.82 Å². The number of ether oxygens (including phenoxy) is 2. The Balaban J connectivity index is 1.21. The standard InChI is InChI=1S/C36H43F2N7O3/c1-2-22-13-27-25(16-40-43-27)28-24(22)5-11-47-12-8-36(46)18-34(19-36)6-3-9-44(20-34)32-26-15-39-31(28)29(38)30(26)41-33(42-32)48-21-35-7-4-10-45(35)17-23(37)14-35/h13,15-16,23,46H,2-12,14,17-21H2,1H3,(H,40,43)/t23-,34?,35+,36?/m1/s1. The SMILES string of the molecule is CCc1cc2[nH]ncc2c2c1CCOCCC1(O)CC3(CCCN(C3)c3nc(OC[C@@]45CCCN4C[C@H](F)C5)nc4c(F)c-2ncc34)C1. The van der Waals surface area contributed by atoms with Gasteiger partial charge in [-0.25, -0.2) is 8.78 Å². The number of hydrogen-bond acceptors (Lipinski definition) is 9. The molecule has 1 spiro atoms. The number of fused-ring (bicyclic) bond motifs is 2. The minimum atomic E-state index is -0.881. The number of aromatic amines is 1. The molecule has 1 aromatic carbocycles. The van der Waals surface area contributed by atoms with Gasteiger partial charge >= 0.3 is 6.01 Å². The highest BCUT2D eigenvalue weighted by atomic mass is 19.1. The van der Waals surface area contributed by atoms with Crippen LogP contribution in [0, 0.1) is 11.2 Å². The average Bonchev–Trinajstić information content (AvgIpc) is 3.76. The molecule has 1 saturated carbocycles. The van der Waals surface area contributed by atoms with Gasteiger partial charge in [-0.05, 0) is 86.9 Å². The van der Waals surface area contributed by atoms with Gasteiger partial charge < -0.3 is 19.5 Å². The summed E-state index contributed by atoms with van der Waals surface area (Å²) in [6.45, 7) is 5.97. The van der Waals surface area contributed by atoms with Crippen molar-refractivity contribution in [2.45, 2.75) is 88.4 Å². The van der Waals surface area contributed by atoms with Crippen LogP contribution in [0.3, 0.4) is 0 Å². The van der Waals surface area contributed by atoms with Gasteiger partial charge in [-0.2, -0.15) is 15.1 Å². The van der Waals surface area contributed by atoms with Crippen molar-refractivity contribution >= 4 is 27.6 Å². The molecular weight excluding hydrogens is 616 g/mol. The lowest BCUT2D eigenvalue weighted by Crippen LogP contribution is -2.59. The number of aliphatic hydroxyl groups is 1. The van der Waals surface area contributed by atoms with Crippen molar-refractivity contribution in [2.24, 2.45) is 5.41 Å². The minimum absolute atomic E-state index is 0.0480. The Morgan fingerprint density at radius 1 is 1.10 bits per heavy atom. The Kier molecular flexibility index (Phi) is 7.18. The molecule has 11 rings (SSSR count). The second-order valence-electron chi connectivity index (χ2n) is 15.2. The summed E-state index contributed by atoms with van der Waals surface area (Å²) in [5.41, 5.74) is 2.72. The predicted octanol–water partition coefficient (Wildman–Crippen LogP) is 5.30. The molecule has 7 aliphatic rings. The molecule has 7 bridgehead atoms. The largest absolute Gasteiger partial charge is 0.461 e. The number of alkyl halides is 1. The lowest BCUT2D eigenvalue weighted by molar-refractivity contribution is -0.145. The molecule has 4 aromatic rings. The Morgan fingerprint density at radius 3 is 2.85 bits per heavy atom. The number of pyridine rings is 1. The summed E-state index contributed by atoms with van der Waals surface area (Å²) >= 11 is 0. The highest BCUT2D eigenvalue weighted by molar-refractivity contribution is 5.99. The van der Waals surface area contributed by atoms with E-state index in [0.717, 1.165) is 67.2 Å². The van der Waals surface area contributed by atoms with Crippen LogP contribution in [-0.4, -0.2) is 98.5 Å². The molecule has 4 fully saturated rings. The van der Waals surface area contributed by atoms with E-state index >= 15 is 4.39 Å². The maximum absolute atomic E-state index is 17.2. The first-order chi connectivity index (χ1) is 23.3. The summed E-state index contributed by atoms with van der Waals surface area (Å²) in [4.78, 5) is 18.9. The average molecular weight is 660 g/mol. The lowest BCUT2D eigenvalue weighted by Gasteiger charge is -2.57. The Morgan fingerprint density at radius 2 is 1.98 bits per heavy atom. The van der Waals surface area contributed by atoms with E-state index in [1.807, 2.05) is 0 Å². The molecule has 0 amide bonds. The van der Waals surface area contributed by atoms with E-state index in [1.165, 1.54) is 0 Å². The second kappa shape index (κ2) is 11.3. The van der Waals surface area contributed by atoms with Crippen LogP contribution < -0.4 is 9.64 Å². The number of aryl methyl sites for hydroxylation is 1. The van der Waals surface area contributed by atoms with E-state index in [-0.39, 0.29) is 34.8 Å². The molecule has 9 heterocycles. The van der Waals surface area contributed by atoms with E-state index in [4.69, 9.17) is 24.4 Å². The minimum Gasteiger partial charge on any atom is -0.461 e. The Labute approximate surface area is 278 Å². The maximum atomic E-state index is 17.2. The zero-order valence-electron chi connectivity index (χ0n) is 27.5. The van der Waals surface area contributed by atoms with Crippen LogP contribution in [0.15, 0.2) is 18.5 Å². The van der Waals surface area contributed by atoms with E-state index in [1.54, 1.807) is 12.4 Å². The summed E-state index contributed by atoms with van der Waals surface area (Å²) < 4.78 is 44.3. The third-order valence-electron chi connectivity index (χ3n) is 12.0.